The van der Waals surface area contributed by atoms with Gasteiger partial charge in [0.1, 0.15) is 0 Å². The normalized spacial score (nSPS) is 16.0. The average Bonchev–Trinajstić information content (AvgIpc) is 2.89. The summed E-state index contributed by atoms with van der Waals surface area (Å²) in [5.74, 6) is 1.71. The molecule has 7 heteroatoms. The molecule has 1 fully saturated rings. The van der Waals surface area contributed by atoms with Crippen LogP contribution in [0.4, 0.5) is 0 Å². The van der Waals surface area contributed by atoms with E-state index in [2.05, 4.69) is 25.7 Å². The standard InChI is InChI=1S/C20H32BrN3O3/c1-5-24(6-2)20(25)15-23-9-7-8-22(10-11-23)14-16-12-18(26-3)19(27-4)13-17(16)21/h12-13H,5-11,14-15H2,1-4H3. The average molecular weight is 442 g/mol. The first kappa shape index (κ1) is 22.0. The third kappa shape index (κ3) is 6.09. The quantitative estimate of drug-likeness (QED) is 0.620. The van der Waals surface area contributed by atoms with Gasteiger partial charge in [0.2, 0.25) is 5.91 Å². The second kappa shape index (κ2) is 10.9. The van der Waals surface area contributed by atoms with E-state index in [9.17, 15) is 4.79 Å². The highest BCUT2D eigenvalue weighted by molar-refractivity contribution is 9.10. The van der Waals surface area contributed by atoms with Crippen molar-refractivity contribution in [3.63, 3.8) is 0 Å². The van der Waals surface area contributed by atoms with Crippen molar-refractivity contribution in [3.05, 3.63) is 22.2 Å². The van der Waals surface area contributed by atoms with Crippen LogP contribution in [0.2, 0.25) is 0 Å². The number of nitrogens with zero attached hydrogens (tertiary/aromatic N) is 3. The van der Waals surface area contributed by atoms with E-state index in [4.69, 9.17) is 9.47 Å². The maximum absolute atomic E-state index is 12.4. The molecule has 1 amide bonds. The fourth-order valence-electron chi connectivity index (χ4n) is 3.47. The number of hydrogen-bond acceptors (Lipinski definition) is 5. The summed E-state index contributed by atoms with van der Waals surface area (Å²) in [5.41, 5.74) is 1.18. The molecular formula is C20H32BrN3O3. The Bertz CT molecular complexity index is 623. The molecular weight excluding hydrogens is 410 g/mol. The smallest absolute Gasteiger partial charge is 0.236 e. The van der Waals surface area contributed by atoms with E-state index in [0.717, 1.165) is 68.2 Å². The summed E-state index contributed by atoms with van der Waals surface area (Å²) in [6, 6.07) is 4.00. The SMILES string of the molecule is CCN(CC)C(=O)CN1CCCN(Cc2cc(OC)c(OC)cc2Br)CC1. The van der Waals surface area contributed by atoms with Gasteiger partial charge < -0.3 is 14.4 Å². The van der Waals surface area contributed by atoms with Crippen LogP contribution in [0.1, 0.15) is 25.8 Å². The van der Waals surface area contributed by atoms with Crippen LogP contribution in [0.5, 0.6) is 11.5 Å². The highest BCUT2D eigenvalue weighted by Gasteiger charge is 2.20. The number of amides is 1. The molecule has 0 radical (unpaired) electrons. The maximum Gasteiger partial charge on any atom is 0.236 e. The van der Waals surface area contributed by atoms with E-state index >= 15 is 0 Å². The minimum Gasteiger partial charge on any atom is -0.493 e. The second-order valence-electron chi connectivity index (χ2n) is 6.77. The van der Waals surface area contributed by atoms with E-state index < -0.39 is 0 Å². The first-order chi connectivity index (χ1) is 13.0. The molecule has 1 aromatic rings. The second-order valence-corrected chi connectivity index (χ2v) is 7.62. The highest BCUT2D eigenvalue weighted by Crippen LogP contribution is 2.34. The maximum atomic E-state index is 12.4. The Balaban J connectivity index is 1.96. The van der Waals surface area contributed by atoms with Gasteiger partial charge >= 0.3 is 0 Å². The van der Waals surface area contributed by atoms with Gasteiger partial charge in [0, 0.05) is 37.2 Å². The molecule has 1 saturated heterocycles. The summed E-state index contributed by atoms with van der Waals surface area (Å²) >= 11 is 3.65. The lowest BCUT2D eigenvalue weighted by molar-refractivity contribution is -0.132. The molecule has 0 bridgehead atoms. The van der Waals surface area contributed by atoms with Gasteiger partial charge in [-0.1, -0.05) is 15.9 Å². The predicted molar refractivity (Wildman–Crippen MR) is 112 cm³/mol. The van der Waals surface area contributed by atoms with Crippen LogP contribution in [0.15, 0.2) is 16.6 Å². The van der Waals surface area contributed by atoms with Crippen molar-refractivity contribution < 1.29 is 14.3 Å². The largest absolute Gasteiger partial charge is 0.493 e. The molecule has 1 aliphatic heterocycles. The number of likely N-dealkylation sites (N-methyl/N-ethyl adjacent to an activating group) is 1. The number of ether oxygens (including phenoxy) is 2. The van der Waals surface area contributed by atoms with Crippen molar-refractivity contribution in [2.24, 2.45) is 0 Å². The predicted octanol–water partition coefficient (Wildman–Crippen LogP) is 2.84. The van der Waals surface area contributed by atoms with E-state index in [1.165, 1.54) is 5.56 Å². The van der Waals surface area contributed by atoms with Crippen molar-refractivity contribution in [1.82, 2.24) is 14.7 Å². The van der Waals surface area contributed by atoms with Crippen molar-refractivity contribution in [3.8, 4) is 11.5 Å². The van der Waals surface area contributed by atoms with E-state index in [1.807, 2.05) is 30.9 Å². The molecule has 0 atom stereocenters. The summed E-state index contributed by atoms with van der Waals surface area (Å²) in [5, 5.41) is 0. The monoisotopic (exact) mass is 441 g/mol. The van der Waals surface area contributed by atoms with E-state index in [-0.39, 0.29) is 5.91 Å². The molecule has 0 saturated carbocycles. The lowest BCUT2D eigenvalue weighted by Crippen LogP contribution is -2.41. The van der Waals surface area contributed by atoms with Gasteiger partial charge in [-0.2, -0.15) is 0 Å². The van der Waals surface area contributed by atoms with Gasteiger partial charge in [-0.15, -0.1) is 0 Å². The van der Waals surface area contributed by atoms with Crippen LogP contribution >= 0.6 is 15.9 Å². The zero-order chi connectivity index (χ0) is 19.8. The van der Waals surface area contributed by atoms with Crippen molar-refractivity contribution in [1.29, 1.82) is 0 Å². The minimum atomic E-state index is 0.232. The van der Waals surface area contributed by atoms with Crippen LogP contribution in [0.3, 0.4) is 0 Å². The summed E-state index contributed by atoms with van der Waals surface area (Å²) in [6.45, 7) is 10.9. The first-order valence-corrected chi connectivity index (χ1v) is 10.4. The van der Waals surface area contributed by atoms with Crippen molar-refractivity contribution >= 4 is 21.8 Å². The van der Waals surface area contributed by atoms with Crippen LogP contribution in [-0.2, 0) is 11.3 Å². The molecule has 0 aromatic heterocycles. The van der Waals surface area contributed by atoms with Gasteiger partial charge in [0.05, 0.1) is 20.8 Å². The summed E-state index contributed by atoms with van der Waals surface area (Å²) in [7, 11) is 3.30. The Kier molecular flexibility index (Phi) is 8.86. The molecule has 1 aliphatic rings. The minimum absolute atomic E-state index is 0.232. The van der Waals surface area contributed by atoms with E-state index in [0.29, 0.717) is 6.54 Å². The van der Waals surface area contributed by atoms with Crippen LogP contribution < -0.4 is 9.47 Å². The lowest BCUT2D eigenvalue weighted by Gasteiger charge is -2.25. The third-order valence-corrected chi connectivity index (χ3v) is 5.84. The number of hydrogen-bond donors (Lipinski definition) is 0. The fraction of sp³-hybridized carbons (Fsp3) is 0.650. The molecule has 6 nitrogen and oxygen atoms in total. The number of methoxy groups -OCH3 is 2. The Labute approximate surface area is 171 Å². The van der Waals surface area contributed by atoms with E-state index in [1.54, 1.807) is 14.2 Å². The van der Waals surface area contributed by atoms with Crippen LogP contribution in [0, 0.1) is 0 Å². The van der Waals surface area contributed by atoms with Gasteiger partial charge in [0.15, 0.2) is 11.5 Å². The number of halogens is 1. The van der Waals surface area contributed by atoms with Gasteiger partial charge in [-0.25, -0.2) is 0 Å². The Morgan fingerprint density at radius 3 is 2.26 bits per heavy atom. The molecule has 27 heavy (non-hydrogen) atoms. The first-order valence-electron chi connectivity index (χ1n) is 9.65. The summed E-state index contributed by atoms with van der Waals surface area (Å²) in [6.07, 6.45) is 1.07. The van der Waals surface area contributed by atoms with Crippen molar-refractivity contribution in [2.75, 3.05) is 60.0 Å². The topological polar surface area (TPSA) is 45.3 Å². The number of carbonyl (C=O) groups excluding carboxylic acids is 1. The summed E-state index contributed by atoms with van der Waals surface area (Å²) in [4.78, 5) is 19.0. The Morgan fingerprint density at radius 2 is 1.63 bits per heavy atom. The Hall–Kier alpha value is -1.31. The number of carbonyl (C=O) groups is 1. The Morgan fingerprint density at radius 1 is 1.04 bits per heavy atom. The van der Waals surface area contributed by atoms with Crippen LogP contribution in [-0.4, -0.2) is 80.6 Å². The molecule has 2 rings (SSSR count). The molecule has 1 heterocycles. The van der Waals surface area contributed by atoms with Gasteiger partial charge in [-0.05, 0) is 51.1 Å². The van der Waals surface area contributed by atoms with Gasteiger partial charge in [0.25, 0.3) is 0 Å². The third-order valence-electron chi connectivity index (χ3n) is 5.10. The molecule has 0 unspecified atom stereocenters. The lowest BCUT2D eigenvalue weighted by atomic mass is 10.2. The molecule has 0 aliphatic carbocycles. The van der Waals surface area contributed by atoms with Crippen molar-refractivity contribution in [2.45, 2.75) is 26.8 Å². The van der Waals surface area contributed by atoms with Crippen LogP contribution in [0.25, 0.3) is 0 Å². The molecule has 0 spiro atoms. The molecule has 0 N–H and O–H groups in total. The number of rotatable bonds is 8. The zero-order valence-electron chi connectivity index (χ0n) is 17.0. The molecule has 1 aromatic carbocycles. The fourth-order valence-corrected chi connectivity index (χ4v) is 3.91. The number of benzene rings is 1. The molecule has 152 valence electrons. The zero-order valence-corrected chi connectivity index (χ0v) is 18.5. The van der Waals surface area contributed by atoms with Gasteiger partial charge in [-0.3, -0.25) is 14.6 Å². The highest BCUT2D eigenvalue weighted by atomic mass is 79.9. The summed E-state index contributed by atoms with van der Waals surface area (Å²) < 4.78 is 11.8.